The van der Waals surface area contributed by atoms with Crippen LogP contribution in [0.15, 0.2) is 48.5 Å². The number of aliphatic hydroxyl groups is 1. The number of hydrogen-bond donors (Lipinski definition) is 1. The molecule has 1 N–H and O–H groups in total. The summed E-state index contributed by atoms with van der Waals surface area (Å²) in [6.45, 7) is 4.57. The lowest BCUT2D eigenvalue weighted by Gasteiger charge is -2.23. The first-order valence-corrected chi connectivity index (χ1v) is 15.3. The second-order valence-corrected chi connectivity index (χ2v) is 12.2. The van der Waals surface area contributed by atoms with Gasteiger partial charge in [-0.1, -0.05) is 93.8 Å². The van der Waals surface area contributed by atoms with Gasteiger partial charge in [-0.15, -0.1) is 0 Å². The highest BCUT2D eigenvalue weighted by molar-refractivity contribution is 8.13. The first kappa shape index (κ1) is 30.4. The molecule has 2 atom stereocenters. The molecule has 0 heterocycles. The molecule has 0 fully saturated rings. The van der Waals surface area contributed by atoms with E-state index in [0.29, 0.717) is 34.9 Å². The van der Waals surface area contributed by atoms with Crippen molar-refractivity contribution in [3.05, 3.63) is 58.6 Å². The van der Waals surface area contributed by atoms with Crippen molar-refractivity contribution in [3.8, 4) is 5.75 Å². The summed E-state index contributed by atoms with van der Waals surface area (Å²) in [6, 6.07) is 14.6. The van der Waals surface area contributed by atoms with E-state index in [1.54, 1.807) is 18.2 Å². The summed E-state index contributed by atoms with van der Waals surface area (Å²) in [4.78, 5) is 0. The fourth-order valence-corrected chi connectivity index (χ4v) is 6.32. The van der Waals surface area contributed by atoms with Crippen LogP contribution in [0, 0.1) is 5.92 Å². The van der Waals surface area contributed by atoms with Crippen molar-refractivity contribution >= 4 is 46.8 Å². The Labute approximate surface area is 216 Å². The van der Waals surface area contributed by atoms with Crippen LogP contribution < -0.4 is 9.83 Å². The number of benzene rings is 2. The van der Waals surface area contributed by atoms with Gasteiger partial charge in [-0.3, -0.25) is 0 Å². The summed E-state index contributed by atoms with van der Waals surface area (Å²) >= 11 is 17.6. The smallest absolute Gasteiger partial charge is 0.269 e. The molecule has 0 saturated heterocycles. The molecular formula is C26H39Cl2O3PS. The van der Waals surface area contributed by atoms with Gasteiger partial charge in [0.15, 0.2) is 0 Å². The zero-order chi connectivity index (χ0) is 24.5. The fraction of sp³-hybridized carbons (Fsp3) is 0.538. The Morgan fingerprint density at radius 2 is 1.58 bits per heavy atom. The number of unbranched alkanes of at least 4 members (excludes halogenated alkanes) is 4. The molecule has 0 bridgehead atoms. The second-order valence-electron chi connectivity index (χ2n) is 7.96. The highest BCUT2D eigenvalue weighted by Gasteiger charge is 2.24. The maximum Gasteiger partial charge on any atom is 0.269 e. The van der Waals surface area contributed by atoms with E-state index >= 15 is 0 Å². The van der Waals surface area contributed by atoms with Gasteiger partial charge >= 0.3 is 0 Å². The molecule has 0 amide bonds. The molecule has 0 aliphatic rings. The largest absolute Gasteiger partial charge is 0.439 e. The Hall–Kier alpha value is -0.610. The second kappa shape index (κ2) is 17.8. The molecule has 33 heavy (non-hydrogen) atoms. The first-order chi connectivity index (χ1) is 15.9. The van der Waals surface area contributed by atoms with E-state index < -0.39 is 6.49 Å². The maximum atomic E-state index is 9.11. The summed E-state index contributed by atoms with van der Waals surface area (Å²) in [5.74, 6) is 1.06. The molecule has 2 aromatic carbocycles. The molecule has 2 rings (SSSR count). The molecule has 0 spiro atoms. The summed E-state index contributed by atoms with van der Waals surface area (Å²) in [5, 5.41) is 10.9. The van der Waals surface area contributed by atoms with Gasteiger partial charge in [0.2, 0.25) is 0 Å². The quantitative estimate of drug-likeness (QED) is 0.195. The maximum absolute atomic E-state index is 9.11. The molecule has 0 aliphatic heterocycles. The molecule has 0 radical (unpaired) electrons. The van der Waals surface area contributed by atoms with Crippen LogP contribution in [0.25, 0.3) is 0 Å². The van der Waals surface area contributed by atoms with Gasteiger partial charge < -0.3 is 14.2 Å². The number of rotatable bonds is 14. The Morgan fingerprint density at radius 1 is 0.909 bits per heavy atom. The van der Waals surface area contributed by atoms with Crippen LogP contribution in [-0.4, -0.2) is 18.3 Å². The number of halogens is 2. The van der Waals surface area contributed by atoms with Crippen molar-refractivity contribution in [1.82, 2.24) is 0 Å². The molecule has 2 aromatic rings. The predicted octanol–water partition coefficient (Wildman–Crippen LogP) is 8.80. The summed E-state index contributed by atoms with van der Waals surface area (Å²) in [6.07, 6.45) is 10.3. The van der Waals surface area contributed by atoms with Gasteiger partial charge in [-0.05, 0) is 67.8 Å². The van der Waals surface area contributed by atoms with Crippen LogP contribution in [-0.2, 0) is 16.3 Å². The monoisotopic (exact) mass is 532 g/mol. The third-order valence-corrected chi connectivity index (χ3v) is 8.84. The minimum absolute atomic E-state index is 0.395. The minimum Gasteiger partial charge on any atom is -0.439 e. The normalized spacial score (nSPS) is 13.5. The van der Waals surface area contributed by atoms with Crippen molar-refractivity contribution in [3.63, 3.8) is 0 Å². The van der Waals surface area contributed by atoms with Gasteiger partial charge in [0, 0.05) is 16.9 Å². The molecule has 186 valence electrons. The van der Waals surface area contributed by atoms with Crippen LogP contribution >= 0.6 is 29.7 Å². The van der Waals surface area contributed by atoms with Crippen molar-refractivity contribution in [1.29, 1.82) is 0 Å². The highest BCUT2D eigenvalue weighted by Crippen LogP contribution is 2.49. The van der Waals surface area contributed by atoms with Gasteiger partial charge in [0.25, 0.3) is 6.49 Å². The van der Waals surface area contributed by atoms with Crippen LogP contribution in [0.1, 0.15) is 72.1 Å². The zero-order valence-corrected chi connectivity index (χ0v) is 23.4. The highest BCUT2D eigenvalue weighted by atomic mass is 35.5. The Balaban J connectivity index is 0.000000366. The average Bonchev–Trinajstić information content (AvgIpc) is 2.82. The Bertz CT molecular complexity index is 820. The lowest BCUT2D eigenvalue weighted by atomic mass is 9.96. The minimum atomic E-state index is -2.63. The molecule has 0 aliphatic carbocycles. The predicted molar refractivity (Wildman–Crippen MR) is 148 cm³/mol. The summed E-state index contributed by atoms with van der Waals surface area (Å²) in [5.41, 5.74) is 0. The third kappa shape index (κ3) is 12.1. The molecule has 3 nitrogen and oxygen atoms in total. The third-order valence-electron chi connectivity index (χ3n) is 5.17. The van der Waals surface area contributed by atoms with Crippen molar-refractivity contribution in [2.75, 3.05) is 13.2 Å². The molecule has 0 aromatic heterocycles. The molecule has 2 unspecified atom stereocenters. The lowest BCUT2D eigenvalue weighted by molar-refractivity contribution is 0.205. The van der Waals surface area contributed by atoms with E-state index in [0.717, 1.165) is 5.30 Å². The fourth-order valence-electron chi connectivity index (χ4n) is 3.29. The van der Waals surface area contributed by atoms with Crippen molar-refractivity contribution < 1.29 is 14.2 Å². The van der Waals surface area contributed by atoms with Crippen molar-refractivity contribution in [2.45, 2.75) is 72.1 Å². The van der Waals surface area contributed by atoms with Crippen molar-refractivity contribution in [2.24, 2.45) is 5.92 Å². The van der Waals surface area contributed by atoms with E-state index in [9.17, 15) is 0 Å². The van der Waals surface area contributed by atoms with E-state index in [1.807, 2.05) is 37.3 Å². The lowest BCUT2D eigenvalue weighted by Crippen LogP contribution is -2.12. The Morgan fingerprint density at radius 3 is 2.15 bits per heavy atom. The van der Waals surface area contributed by atoms with Gasteiger partial charge in [0.1, 0.15) is 5.75 Å². The number of hydrogen-bond acceptors (Lipinski definition) is 4. The van der Waals surface area contributed by atoms with E-state index in [4.69, 9.17) is 49.2 Å². The topological polar surface area (TPSA) is 38.7 Å². The summed E-state index contributed by atoms with van der Waals surface area (Å²) in [7, 11) is 0. The van der Waals surface area contributed by atoms with Gasteiger partial charge in [-0.2, -0.15) is 0 Å². The van der Waals surface area contributed by atoms with Crippen LogP contribution in [0.5, 0.6) is 5.75 Å². The SMILES string of the molecule is CCCCCCC(CO)CCCC.CCOP(=S)(Oc1ccc(Cl)cc1Cl)c1ccccc1. The number of aliphatic hydroxyl groups excluding tert-OH is 1. The van der Waals surface area contributed by atoms with Gasteiger partial charge in [0.05, 0.1) is 11.6 Å². The van der Waals surface area contributed by atoms with E-state index in [-0.39, 0.29) is 0 Å². The Kier molecular flexibility index (Phi) is 16.4. The molecule has 7 heteroatoms. The molecular weight excluding hydrogens is 494 g/mol. The van der Waals surface area contributed by atoms with Crippen LogP contribution in [0.3, 0.4) is 0 Å². The van der Waals surface area contributed by atoms with Gasteiger partial charge in [-0.25, -0.2) is 0 Å². The summed E-state index contributed by atoms with van der Waals surface area (Å²) < 4.78 is 11.6. The van der Waals surface area contributed by atoms with Crippen LogP contribution in [0.4, 0.5) is 0 Å². The van der Waals surface area contributed by atoms with E-state index in [1.165, 1.54) is 51.4 Å². The van der Waals surface area contributed by atoms with E-state index in [2.05, 4.69) is 13.8 Å². The zero-order valence-electron chi connectivity index (χ0n) is 20.1. The standard InChI is InChI=1S/C14H13Cl2O2PS.C12H26O/c1-2-17-19(20,12-6-4-3-5-7-12)18-14-9-8-11(15)10-13(14)16;1-3-5-7-8-10-12(11-13)9-6-4-2/h3-10H,2H2,1H3;12-13H,3-11H2,1-2H3. The molecule has 0 saturated carbocycles. The first-order valence-electron chi connectivity index (χ1n) is 12.0. The van der Waals surface area contributed by atoms with Crippen LogP contribution in [0.2, 0.25) is 10.0 Å². The average molecular weight is 534 g/mol.